The van der Waals surface area contributed by atoms with E-state index in [9.17, 15) is 5.11 Å². The molecule has 2 N–H and O–H groups in total. The van der Waals surface area contributed by atoms with E-state index < -0.39 is 6.10 Å². The Bertz CT molecular complexity index is 341. The number of aliphatic hydroxyl groups excluding tert-OH is 1. The van der Waals surface area contributed by atoms with Gasteiger partial charge in [0.25, 0.3) is 0 Å². The smallest absolute Gasteiger partial charge is 0.101 e. The van der Waals surface area contributed by atoms with E-state index in [-0.39, 0.29) is 31.7 Å². The number of nitrogens with one attached hydrogen (secondary N) is 1. The van der Waals surface area contributed by atoms with E-state index in [0.29, 0.717) is 32.6 Å². The highest BCUT2D eigenvalue weighted by atomic mass is 16.5. The first-order valence-electron chi connectivity index (χ1n) is 7.44. The molecule has 0 rings (SSSR count). The van der Waals surface area contributed by atoms with Crippen molar-refractivity contribution in [3.05, 3.63) is 0 Å². The number of aliphatic hydroxyl groups is 1. The van der Waals surface area contributed by atoms with E-state index in [2.05, 4.69) is 17.5 Å². The van der Waals surface area contributed by atoms with Gasteiger partial charge in [-0.2, -0.15) is 10.5 Å². The molecule has 22 heavy (non-hydrogen) atoms. The Labute approximate surface area is 132 Å². The molecule has 126 valence electrons. The molecule has 0 aliphatic heterocycles. The highest BCUT2D eigenvalue weighted by Crippen LogP contribution is 2.05. The maximum Gasteiger partial charge on any atom is 0.101 e. The molecule has 0 fully saturated rings. The van der Waals surface area contributed by atoms with Crippen molar-refractivity contribution in [2.75, 3.05) is 53.7 Å². The molecule has 0 radical (unpaired) electrons. The van der Waals surface area contributed by atoms with Crippen LogP contribution in [0.5, 0.6) is 0 Å². The lowest BCUT2D eigenvalue weighted by molar-refractivity contribution is -0.0135. The molecule has 0 saturated carbocycles. The molecule has 0 heterocycles. The van der Waals surface area contributed by atoms with Crippen LogP contribution in [-0.2, 0) is 14.2 Å². The zero-order chi connectivity index (χ0) is 16.6. The molecular weight excluding hydrogens is 286 g/mol. The minimum absolute atomic E-state index is 0.0534. The highest BCUT2D eigenvalue weighted by Gasteiger charge is 2.11. The standard InChI is InChI=1S/C15H27N3O4/c1-18-9-13(7-16)3-5-21-6-4-14(8-17)10-22-12-15(19)11-20-2/h13-15,18-19H,3-6,9-12H2,1-2H3. The largest absolute Gasteiger partial charge is 0.388 e. The Morgan fingerprint density at radius 1 is 1.00 bits per heavy atom. The second kappa shape index (κ2) is 14.7. The normalized spacial score (nSPS) is 14.8. The molecular formula is C15H27N3O4. The fraction of sp³-hybridized carbons (Fsp3) is 0.867. The van der Waals surface area contributed by atoms with Gasteiger partial charge in [0, 0.05) is 26.9 Å². The first kappa shape index (κ1) is 20.8. The van der Waals surface area contributed by atoms with Gasteiger partial charge in [0.05, 0.1) is 43.8 Å². The molecule has 0 aliphatic rings. The first-order chi connectivity index (χ1) is 10.7. The molecule has 7 nitrogen and oxygen atoms in total. The minimum atomic E-state index is -0.671. The van der Waals surface area contributed by atoms with E-state index in [1.165, 1.54) is 7.11 Å². The summed E-state index contributed by atoms with van der Waals surface area (Å²) < 4.78 is 15.5. The van der Waals surface area contributed by atoms with Crippen molar-refractivity contribution >= 4 is 0 Å². The van der Waals surface area contributed by atoms with E-state index in [0.717, 1.165) is 0 Å². The minimum Gasteiger partial charge on any atom is -0.388 e. The molecule has 3 unspecified atom stereocenters. The summed E-state index contributed by atoms with van der Waals surface area (Å²) in [6.45, 7) is 2.25. The Morgan fingerprint density at radius 2 is 1.64 bits per heavy atom. The Hall–Kier alpha value is -1.22. The van der Waals surface area contributed by atoms with Gasteiger partial charge < -0.3 is 24.6 Å². The lowest BCUT2D eigenvalue weighted by Gasteiger charge is -2.13. The molecule has 0 aromatic heterocycles. The average molecular weight is 313 g/mol. The van der Waals surface area contributed by atoms with Crippen molar-refractivity contribution in [3.63, 3.8) is 0 Å². The fourth-order valence-corrected chi connectivity index (χ4v) is 1.78. The van der Waals surface area contributed by atoms with Crippen molar-refractivity contribution in [1.82, 2.24) is 5.32 Å². The van der Waals surface area contributed by atoms with Gasteiger partial charge in [-0.25, -0.2) is 0 Å². The third-order valence-corrected chi connectivity index (χ3v) is 3.03. The van der Waals surface area contributed by atoms with Crippen molar-refractivity contribution < 1.29 is 19.3 Å². The van der Waals surface area contributed by atoms with E-state index in [4.69, 9.17) is 24.7 Å². The number of nitrogens with zero attached hydrogens (tertiary/aromatic N) is 2. The fourth-order valence-electron chi connectivity index (χ4n) is 1.78. The Kier molecular flexibility index (Phi) is 13.9. The van der Waals surface area contributed by atoms with E-state index >= 15 is 0 Å². The quantitative estimate of drug-likeness (QED) is 0.444. The third kappa shape index (κ3) is 11.4. The Morgan fingerprint density at radius 3 is 2.18 bits per heavy atom. The molecule has 0 spiro atoms. The molecule has 7 heteroatoms. The van der Waals surface area contributed by atoms with Crippen molar-refractivity contribution in [2.45, 2.75) is 18.9 Å². The van der Waals surface area contributed by atoms with Crippen molar-refractivity contribution in [2.24, 2.45) is 11.8 Å². The summed E-state index contributed by atoms with van der Waals surface area (Å²) in [6, 6.07) is 4.37. The molecule has 0 aromatic rings. The molecule has 0 bridgehead atoms. The number of hydrogen-bond donors (Lipinski definition) is 2. The highest BCUT2D eigenvalue weighted by molar-refractivity contribution is 4.84. The predicted octanol–water partition coefficient (Wildman–Crippen LogP) is 0.306. The zero-order valence-corrected chi connectivity index (χ0v) is 13.5. The molecule has 3 atom stereocenters. The van der Waals surface area contributed by atoms with Crippen LogP contribution < -0.4 is 5.32 Å². The number of rotatable bonds is 14. The summed E-state index contributed by atoms with van der Waals surface area (Å²) in [5, 5.41) is 30.3. The van der Waals surface area contributed by atoms with Crippen LogP contribution in [0, 0.1) is 34.5 Å². The van der Waals surface area contributed by atoms with Gasteiger partial charge in [0.2, 0.25) is 0 Å². The van der Waals surface area contributed by atoms with Gasteiger partial charge >= 0.3 is 0 Å². The first-order valence-corrected chi connectivity index (χ1v) is 7.44. The molecule has 0 aromatic carbocycles. The average Bonchev–Trinajstić information content (AvgIpc) is 2.52. The van der Waals surface area contributed by atoms with Gasteiger partial charge in [0.1, 0.15) is 6.10 Å². The van der Waals surface area contributed by atoms with Crippen LogP contribution in [0.2, 0.25) is 0 Å². The topological polar surface area (TPSA) is 108 Å². The van der Waals surface area contributed by atoms with Crippen LogP contribution in [0.15, 0.2) is 0 Å². The van der Waals surface area contributed by atoms with Crippen LogP contribution in [-0.4, -0.2) is 64.9 Å². The lowest BCUT2D eigenvalue weighted by atomic mass is 10.1. The second-order valence-electron chi connectivity index (χ2n) is 5.05. The van der Waals surface area contributed by atoms with Gasteiger partial charge in [-0.3, -0.25) is 0 Å². The van der Waals surface area contributed by atoms with Gasteiger partial charge in [-0.05, 0) is 19.9 Å². The van der Waals surface area contributed by atoms with Gasteiger partial charge in [-0.15, -0.1) is 0 Å². The summed E-state index contributed by atoms with van der Waals surface area (Å²) in [5.41, 5.74) is 0. The van der Waals surface area contributed by atoms with E-state index in [1.54, 1.807) is 0 Å². The second-order valence-corrected chi connectivity index (χ2v) is 5.05. The third-order valence-electron chi connectivity index (χ3n) is 3.03. The van der Waals surface area contributed by atoms with Crippen LogP contribution in [0.1, 0.15) is 12.8 Å². The van der Waals surface area contributed by atoms with Gasteiger partial charge in [-0.1, -0.05) is 0 Å². The SMILES string of the molecule is CNCC(C#N)CCOCCC(C#N)COCC(O)COC. The molecule has 0 amide bonds. The summed E-state index contributed by atoms with van der Waals surface area (Å²) in [6.07, 6.45) is 0.574. The monoisotopic (exact) mass is 313 g/mol. The van der Waals surface area contributed by atoms with E-state index in [1.807, 2.05) is 7.05 Å². The molecule has 0 aliphatic carbocycles. The van der Waals surface area contributed by atoms with Crippen LogP contribution in [0.3, 0.4) is 0 Å². The number of methoxy groups -OCH3 is 1. The summed E-state index contributed by atoms with van der Waals surface area (Å²) in [4.78, 5) is 0. The maximum absolute atomic E-state index is 9.41. The number of ether oxygens (including phenoxy) is 3. The van der Waals surface area contributed by atoms with Crippen LogP contribution in [0.4, 0.5) is 0 Å². The predicted molar refractivity (Wildman–Crippen MR) is 80.9 cm³/mol. The lowest BCUT2D eigenvalue weighted by Crippen LogP contribution is -2.23. The van der Waals surface area contributed by atoms with Gasteiger partial charge in [0.15, 0.2) is 0 Å². The summed E-state index contributed by atoms with van der Waals surface area (Å²) >= 11 is 0. The summed E-state index contributed by atoms with van der Waals surface area (Å²) in [7, 11) is 3.32. The Balaban J connectivity index is 3.66. The number of hydrogen-bond acceptors (Lipinski definition) is 7. The van der Waals surface area contributed by atoms with Crippen molar-refractivity contribution in [1.29, 1.82) is 10.5 Å². The van der Waals surface area contributed by atoms with Crippen molar-refractivity contribution in [3.8, 4) is 12.1 Å². The molecule has 0 saturated heterocycles. The summed E-state index contributed by atoms with van der Waals surface area (Å²) in [5.74, 6) is -0.318. The number of nitriles is 2. The maximum atomic E-state index is 9.41. The van der Waals surface area contributed by atoms with Crippen LogP contribution >= 0.6 is 0 Å². The zero-order valence-electron chi connectivity index (χ0n) is 13.5. The van der Waals surface area contributed by atoms with Crippen LogP contribution in [0.25, 0.3) is 0 Å².